The van der Waals surface area contributed by atoms with E-state index in [0.717, 1.165) is 10.7 Å². The molecule has 8 nitrogen and oxygen atoms in total. The summed E-state index contributed by atoms with van der Waals surface area (Å²) in [6, 6.07) is 2.59. The van der Waals surface area contributed by atoms with Crippen molar-refractivity contribution in [1.82, 2.24) is 25.5 Å². The second-order valence-electron chi connectivity index (χ2n) is 4.35. The molecule has 1 amide bonds. The number of nitrogens with zero attached hydrogens (tertiary/aromatic N) is 4. The maximum absolute atomic E-state index is 13.2. The highest BCUT2D eigenvalue weighted by Crippen LogP contribution is 2.17. The molecule has 0 saturated heterocycles. The second kappa shape index (κ2) is 6.07. The third-order valence-electron chi connectivity index (χ3n) is 2.76. The van der Waals surface area contributed by atoms with Crippen LogP contribution in [0.15, 0.2) is 24.5 Å². The summed E-state index contributed by atoms with van der Waals surface area (Å²) in [6.07, 6.45) is 1.23. The first-order valence-electron chi connectivity index (χ1n) is 5.96. The van der Waals surface area contributed by atoms with Crippen molar-refractivity contribution in [3.05, 3.63) is 41.5 Å². The molecule has 0 saturated carbocycles. The van der Waals surface area contributed by atoms with E-state index in [-0.39, 0.29) is 12.1 Å². The van der Waals surface area contributed by atoms with Gasteiger partial charge in [-0.3, -0.25) is 4.79 Å². The lowest BCUT2D eigenvalue weighted by Crippen LogP contribution is -2.36. The Kier molecular flexibility index (Phi) is 4.21. The van der Waals surface area contributed by atoms with E-state index >= 15 is 0 Å². The van der Waals surface area contributed by atoms with Crippen LogP contribution in [0.2, 0.25) is 0 Å². The highest BCUT2D eigenvalue weighted by Gasteiger charge is 2.22. The van der Waals surface area contributed by atoms with Gasteiger partial charge in [0.1, 0.15) is 18.7 Å². The fourth-order valence-corrected chi connectivity index (χ4v) is 1.74. The van der Waals surface area contributed by atoms with Crippen LogP contribution in [0.3, 0.4) is 0 Å². The number of hydrogen-bond acceptors (Lipinski definition) is 5. The van der Waals surface area contributed by atoms with E-state index in [9.17, 15) is 19.1 Å². The number of carboxylic acid groups (broad SMARTS) is 1. The third-order valence-corrected chi connectivity index (χ3v) is 2.76. The number of carbonyl (C=O) groups is 2. The molecule has 1 atom stereocenters. The third kappa shape index (κ3) is 3.59. The van der Waals surface area contributed by atoms with Crippen LogP contribution >= 0.6 is 0 Å². The summed E-state index contributed by atoms with van der Waals surface area (Å²) < 4.78 is 14.4. The van der Waals surface area contributed by atoms with Gasteiger partial charge in [0.2, 0.25) is 5.91 Å². The number of halogens is 1. The topological polar surface area (TPSA) is 110 Å². The lowest BCUT2D eigenvalue weighted by Gasteiger charge is -2.15. The Bertz CT molecular complexity index is 659. The predicted molar refractivity (Wildman–Crippen MR) is 67.5 cm³/mol. The standard InChI is InChI=1S/C12H12FN5O3/c1-7-4-8(2-3-9(7)13)11(12(20)21)15-10(19)5-18-6-14-16-17-18/h2-4,6,11H,5H2,1H3,(H,15,19)(H,20,21). The van der Waals surface area contributed by atoms with Crippen molar-refractivity contribution in [1.29, 1.82) is 0 Å². The van der Waals surface area contributed by atoms with Gasteiger partial charge in [-0.1, -0.05) is 12.1 Å². The quantitative estimate of drug-likeness (QED) is 0.806. The van der Waals surface area contributed by atoms with Gasteiger partial charge in [-0.2, -0.15) is 0 Å². The Hall–Kier alpha value is -2.84. The molecule has 2 rings (SSSR count). The minimum Gasteiger partial charge on any atom is -0.479 e. The van der Waals surface area contributed by atoms with E-state index in [1.807, 2.05) is 0 Å². The first kappa shape index (κ1) is 14.6. The van der Waals surface area contributed by atoms with E-state index in [2.05, 4.69) is 20.8 Å². The number of carbonyl (C=O) groups excluding carboxylic acids is 1. The zero-order valence-electron chi connectivity index (χ0n) is 11.0. The smallest absolute Gasteiger partial charge is 0.330 e. The molecule has 9 heteroatoms. The maximum atomic E-state index is 13.2. The number of amides is 1. The average Bonchev–Trinajstić information content (AvgIpc) is 2.92. The van der Waals surface area contributed by atoms with Gasteiger partial charge in [-0.25, -0.2) is 13.9 Å². The van der Waals surface area contributed by atoms with Crippen molar-refractivity contribution in [2.45, 2.75) is 19.5 Å². The van der Waals surface area contributed by atoms with Crippen molar-refractivity contribution in [2.24, 2.45) is 0 Å². The van der Waals surface area contributed by atoms with Gasteiger partial charge in [0.25, 0.3) is 0 Å². The Balaban J connectivity index is 2.13. The minimum atomic E-state index is -1.27. The van der Waals surface area contributed by atoms with Gasteiger partial charge in [0, 0.05) is 0 Å². The van der Waals surface area contributed by atoms with E-state index < -0.39 is 23.7 Å². The first-order valence-corrected chi connectivity index (χ1v) is 5.96. The largest absolute Gasteiger partial charge is 0.479 e. The molecule has 0 spiro atoms. The van der Waals surface area contributed by atoms with Crippen molar-refractivity contribution < 1.29 is 19.1 Å². The lowest BCUT2D eigenvalue weighted by atomic mass is 10.0. The van der Waals surface area contributed by atoms with Crippen molar-refractivity contribution in [2.75, 3.05) is 0 Å². The van der Waals surface area contributed by atoms with E-state index in [4.69, 9.17) is 0 Å². The molecule has 0 aliphatic rings. The molecule has 1 unspecified atom stereocenters. The molecular weight excluding hydrogens is 281 g/mol. The first-order chi connectivity index (χ1) is 9.97. The highest BCUT2D eigenvalue weighted by atomic mass is 19.1. The fourth-order valence-electron chi connectivity index (χ4n) is 1.74. The summed E-state index contributed by atoms with van der Waals surface area (Å²) in [5, 5.41) is 21.8. The molecule has 0 aliphatic heterocycles. The summed E-state index contributed by atoms with van der Waals surface area (Å²) in [4.78, 5) is 23.1. The summed E-state index contributed by atoms with van der Waals surface area (Å²) in [5.74, 6) is -2.26. The Morgan fingerprint density at radius 3 is 2.81 bits per heavy atom. The van der Waals surface area contributed by atoms with Crippen LogP contribution in [0, 0.1) is 12.7 Å². The number of aromatic nitrogens is 4. The number of tetrazole rings is 1. The molecule has 110 valence electrons. The number of aryl methyl sites for hydroxylation is 1. The van der Waals surface area contributed by atoms with E-state index in [0.29, 0.717) is 5.56 Å². The minimum absolute atomic E-state index is 0.211. The van der Waals surface area contributed by atoms with E-state index in [1.54, 1.807) is 0 Å². The number of benzene rings is 1. The molecule has 2 aromatic rings. The van der Waals surface area contributed by atoms with Gasteiger partial charge in [-0.15, -0.1) is 5.10 Å². The van der Waals surface area contributed by atoms with Gasteiger partial charge in [0.15, 0.2) is 6.04 Å². The van der Waals surface area contributed by atoms with E-state index in [1.165, 1.54) is 25.4 Å². The number of carboxylic acids is 1. The number of aliphatic carboxylic acids is 1. The van der Waals surface area contributed by atoms with Crippen LogP contribution in [0.25, 0.3) is 0 Å². The molecule has 1 aromatic carbocycles. The van der Waals surface area contributed by atoms with Crippen LogP contribution in [-0.2, 0) is 16.1 Å². The zero-order chi connectivity index (χ0) is 15.4. The molecule has 2 N–H and O–H groups in total. The summed E-state index contributed by atoms with van der Waals surface area (Å²) >= 11 is 0. The van der Waals surface area contributed by atoms with Crippen molar-refractivity contribution in [3.8, 4) is 0 Å². The fraction of sp³-hybridized carbons (Fsp3) is 0.250. The average molecular weight is 293 g/mol. The number of rotatable bonds is 5. The monoisotopic (exact) mass is 293 g/mol. The number of hydrogen-bond donors (Lipinski definition) is 2. The molecule has 0 aliphatic carbocycles. The van der Waals surface area contributed by atoms with Gasteiger partial charge >= 0.3 is 5.97 Å². The van der Waals surface area contributed by atoms with Crippen molar-refractivity contribution in [3.63, 3.8) is 0 Å². The molecule has 0 fully saturated rings. The summed E-state index contributed by atoms with van der Waals surface area (Å²) in [7, 11) is 0. The van der Waals surface area contributed by atoms with Gasteiger partial charge in [0.05, 0.1) is 0 Å². The molecule has 0 radical (unpaired) electrons. The molecular formula is C12H12FN5O3. The second-order valence-corrected chi connectivity index (χ2v) is 4.35. The lowest BCUT2D eigenvalue weighted by molar-refractivity contribution is -0.142. The maximum Gasteiger partial charge on any atom is 0.330 e. The molecule has 1 aromatic heterocycles. The normalized spacial score (nSPS) is 11.9. The molecule has 21 heavy (non-hydrogen) atoms. The van der Waals surface area contributed by atoms with Gasteiger partial charge < -0.3 is 10.4 Å². The van der Waals surface area contributed by atoms with Crippen molar-refractivity contribution >= 4 is 11.9 Å². The molecule has 1 heterocycles. The summed E-state index contributed by atoms with van der Waals surface area (Å²) in [6.45, 7) is 1.30. The van der Waals surface area contributed by atoms with Crippen LogP contribution in [-0.4, -0.2) is 37.2 Å². The molecule has 0 bridgehead atoms. The SMILES string of the molecule is Cc1cc(C(NC(=O)Cn2cnnn2)C(=O)O)ccc1F. The van der Waals surface area contributed by atoms with Crippen LogP contribution in [0.1, 0.15) is 17.2 Å². The highest BCUT2D eigenvalue weighted by molar-refractivity contribution is 5.84. The van der Waals surface area contributed by atoms with Gasteiger partial charge in [-0.05, 0) is 34.5 Å². The Morgan fingerprint density at radius 1 is 1.48 bits per heavy atom. The zero-order valence-corrected chi connectivity index (χ0v) is 11.0. The predicted octanol–water partition coefficient (Wildman–Crippen LogP) is 0.0627. The summed E-state index contributed by atoms with van der Waals surface area (Å²) in [5.41, 5.74) is 0.583. The Labute approximate surface area is 118 Å². The van der Waals surface area contributed by atoms with Crippen LogP contribution in [0.4, 0.5) is 4.39 Å². The van der Waals surface area contributed by atoms with Crippen LogP contribution < -0.4 is 5.32 Å². The Morgan fingerprint density at radius 2 is 2.24 bits per heavy atom. The van der Waals surface area contributed by atoms with Crippen LogP contribution in [0.5, 0.6) is 0 Å². The number of nitrogens with one attached hydrogen (secondary N) is 1.